The number of hydrogen-bond donors (Lipinski definition) is 1. The van der Waals surface area contributed by atoms with E-state index < -0.39 is 0 Å². The fourth-order valence-corrected chi connectivity index (χ4v) is 1.33. The van der Waals surface area contributed by atoms with Gasteiger partial charge in [0.05, 0.1) is 6.54 Å². The van der Waals surface area contributed by atoms with Crippen LogP contribution < -0.4 is 5.32 Å². The van der Waals surface area contributed by atoms with Crippen molar-refractivity contribution in [2.45, 2.75) is 20.3 Å². The SMILES string of the molecule is C/C=C\C(C)=N/CC1=CCNCC1. The lowest BCUT2D eigenvalue weighted by molar-refractivity contribution is 0.694. The van der Waals surface area contributed by atoms with Crippen molar-refractivity contribution in [2.75, 3.05) is 19.6 Å². The summed E-state index contributed by atoms with van der Waals surface area (Å²) in [5.74, 6) is 0. The van der Waals surface area contributed by atoms with Crippen LogP contribution in [-0.4, -0.2) is 25.3 Å². The summed E-state index contributed by atoms with van der Waals surface area (Å²) in [7, 11) is 0. The van der Waals surface area contributed by atoms with Gasteiger partial charge in [0.25, 0.3) is 0 Å². The number of allylic oxidation sites excluding steroid dienone is 2. The summed E-state index contributed by atoms with van der Waals surface area (Å²) in [6.07, 6.45) is 7.46. The van der Waals surface area contributed by atoms with Crippen LogP contribution in [0.2, 0.25) is 0 Å². The second kappa shape index (κ2) is 5.70. The first-order chi connectivity index (χ1) is 6.33. The van der Waals surface area contributed by atoms with Crippen LogP contribution in [0, 0.1) is 0 Å². The largest absolute Gasteiger partial charge is 0.313 e. The third-order valence-corrected chi connectivity index (χ3v) is 2.10. The number of hydrogen-bond acceptors (Lipinski definition) is 2. The molecule has 0 fully saturated rings. The van der Waals surface area contributed by atoms with E-state index in [1.165, 1.54) is 5.57 Å². The van der Waals surface area contributed by atoms with Crippen molar-refractivity contribution in [3.05, 3.63) is 23.8 Å². The number of nitrogens with one attached hydrogen (secondary N) is 1. The fraction of sp³-hybridized carbons (Fsp3) is 0.545. The first-order valence-corrected chi connectivity index (χ1v) is 4.85. The standard InChI is InChI=1S/C11H18N2/c1-3-4-10(2)13-9-11-5-7-12-8-6-11/h3-5,12H,6-9H2,1-2H3/b4-3-,13-10-. The highest BCUT2D eigenvalue weighted by Gasteiger charge is 2.00. The summed E-state index contributed by atoms with van der Waals surface area (Å²) in [6, 6.07) is 0. The van der Waals surface area contributed by atoms with Crippen molar-refractivity contribution in [3.8, 4) is 0 Å². The number of nitrogens with zero attached hydrogens (tertiary/aromatic N) is 1. The van der Waals surface area contributed by atoms with Crippen LogP contribution in [0.25, 0.3) is 0 Å². The van der Waals surface area contributed by atoms with Crippen LogP contribution in [-0.2, 0) is 0 Å². The van der Waals surface area contributed by atoms with Gasteiger partial charge in [0.1, 0.15) is 0 Å². The Balaban J connectivity index is 2.40. The molecule has 0 aromatic carbocycles. The maximum absolute atomic E-state index is 4.47. The Morgan fingerprint density at radius 3 is 3.15 bits per heavy atom. The highest BCUT2D eigenvalue weighted by molar-refractivity contribution is 5.92. The Labute approximate surface area is 80.4 Å². The van der Waals surface area contributed by atoms with Crippen molar-refractivity contribution >= 4 is 5.71 Å². The number of rotatable bonds is 3. The molecule has 0 spiro atoms. The summed E-state index contributed by atoms with van der Waals surface area (Å²) in [5, 5.41) is 3.29. The van der Waals surface area contributed by atoms with E-state index in [-0.39, 0.29) is 0 Å². The summed E-state index contributed by atoms with van der Waals surface area (Å²) < 4.78 is 0. The second-order valence-electron chi connectivity index (χ2n) is 3.27. The molecule has 0 aromatic rings. The smallest absolute Gasteiger partial charge is 0.0603 e. The van der Waals surface area contributed by atoms with E-state index in [1.54, 1.807) is 0 Å². The first-order valence-electron chi connectivity index (χ1n) is 4.85. The molecule has 0 saturated carbocycles. The van der Waals surface area contributed by atoms with Gasteiger partial charge in [0.15, 0.2) is 0 Å². The zero-order chi connectivity index (χ0) is 9.52. The highest BCUT2D eigenvalue weighted by atomic mass is 14.9. The Bertz CT molecular complexity index is 236. The Hall–Kier alpha value is -0.890. The quantitative estimate of drug-likeness (QED) is 0.518. The molecule has 1 rings (SSSR count). The van der Waals surface area contributed by atoms with Gasteiger partial charge < -0.3 is 5.32 Å². The van der Waals surface area contributed by atoms with E-state index in [1.807, 2.05) is 26.0 Å². The lowest BCUT2D eigenvalue weighted by atomic mass is 10.1. The minimum absolute atomic E-state index is 0.873. The molecular weight excluding hydrogens is 160 g/mol. The molecule has 0 amide bonds. The molecule has 0 saturated heterocycles. The maximum atomic E-state index is 4.47. The van der Waals surface area contributed by atoms with Crippen molar-refractivity contribution in [2.24, 2.45) is 4.99 Å². The molecule has 0 aliphatic carbocycles. The van der Waals surface area contributed by atoms with Crippen LogP contribution in [0.1, 0.15) is 20.3 Å². The Morgan fingerprint density at radius 1 is 1.69 bits per heavy atom. The molecule has 0 unspecified atom stereocenters. The van der Waals surface area contributed by atoms with E-state index >= 15 is 0 Å². The average Bonchev–Trinajstić information content (AvgIpc) is 2.17. The van der Waals surface area contributed by atoms with Crippen molar-refractivity contribution in [1.29, 1.82) is 0 Å². The Morgan fingerprint density at radius 2 is 2.54 bits per heavy atom. The van der Waals surface area contributed by atoms with E-state index in [0.717, 1.165) is 31.8 Å². The van der Waals surface area contributed by atoms with Crippen molar-refractivity contribution in [3.63, 3.8) is 0 Å². The van der Waals surface area contributed by atoms with Gasteiger partial charge >= 0.3 is 0 Å². The molecule has 0 radical (unpaired) electrons. The molecule has 1 N–H and O–H groups in total. The molecular formula is C11H18N2. The molecule has 2 heteroatoms. The van der Waals surface area contributed by atoms with Gasteiger partial charge in [-0.2, -0.15) is 0 Å². The summed E-state index contributed by atoms with van der Waals surface area (Å²) in [6.45, 7) is 7.04. The minimum atomic E-state index is 0.873. The van der Waals surface area contributed by atoms with Crippen LogP contribution >= 0.6 is 0 Å². The lowest BCUT2D eigenvalue weighted by Gasteiger charge is -2.11. The summed E-state index contributed by atoms with van der Waals surface area (Å²) in [5.41, 5.74) is 2.57. The van der Waals surface area contributed by atoms with Gasteiger partial charge in [-0.1, -0.05) is 17.7 Å². The van der Waals surface area contributed by atoms with Gasteiger partial charge in [0.2, 0.25) is 0 Å². The fourth-order valence-electron chi connectivity index (χ4n) is 1.33. The van der Waals surface area contributed by atoms with Crippen LogP contribution in [0.4, 0.5) is 0 Å². The van der Waals surface area contributed by atoms with Gasteiger partial charge in [-0.25, -0.2) is 0 Å². The third-order valence-electron chi connectivity index (χ3n) is 2.10. The molecule has 0 aromatic heterocycles. The molecule has 0 atom stereocenters. The summed E-state index contributed by atoms with van der Waals surface area (Å²) in [4.78, 5) is 4.47. The molecule has 1 heterocycles. The molecule has 13 heavy (non-hydrogen) atoms. The van der Waals surface area contributed by atoms with E-state index in [2.05, 4.69) is 16.4 Å². The zero-order valence-corrected chi connectivity index (χ0v) is 8.51. The van der Waals surface area contributed by atoms with Crippen LogP contribution in [0.3, 0.4) is 0 Å². The minimum Gasteiger partial charge on any atom is -0.313 e. The van der Waals surface area contributed by atoms with Gasteiger partial charge in [-0.15, -0.1) is 0 Å². The van der Waals surface area contributed by atoms with E-state index in [9.17, 15) is 0 Å². The van der Waals surface area contributed by atoms with Gasteiger partial charge in [0, 0.05) is 12.3 Å². The first kappa shape index (κ1) is 10.2. The average molecular weight is 178 g/mol. The van der Waals surface area contributed by atoms with E-state index in [4.69, 9.17) is 0 Å². The maximum Gasteiger partial charge on any atom is 0.0603 e. The summed E-state index contributed by atoms with van der Waals surface area (Å²) >= 11 is 0. The lowest BCUT2D eigenvalue weighted by Crippen LogP contribution is -2.21. The molecule has 1 aliphatic heterocycles. The monoisotopic (exact) mass is 178 g/mol. The molecule has 2 nitrogen and oxygen atoms in total. The van der Waals surface area contributed by atoms with Crippen molar-refractivity contribution in [1.82, 2.24) is 5.32 Å². The van der Waals surface area contributed by atoms with Gasteiger partial charge in [-0.3, -0.25) is 4.99 Å². The molecule has 72 valence electrons. The predicted octanol–water partition coefficient (Wildman–Crippen LogP) is 1.94. The van der Waals surface area contributed by atoms with Gasteiger partial charge in [-0.05, 0) is 32.9 Å². The van der Waals surface area contributed by atoms with Crippen molar-refractivity contribution < 1.29 is 0 Å². The van der Waals surface area contributed by atoms with E-state index in [0.29, 0.717) is 0 Å². The highest BCUT2D eigenvalue weighted by Crippen LogP contribution is 2.04. The Kier molecular flexibility index (Phi) is 4.47. The topological polar surface area (TPSA) is 24.4 Å². The molecule has 1 aliphatic rings. The predicted molar refractivity (Wildman–Crippen MR) is 58.4 cm³/mol. The van der Waals surface area contributed by atoms with Crippen LogP contribution in [0.15, 0.2) is 28.8 Å². The van der Waals surface area contributed by atoms with Crippen LogP contribution in [0.5, 0.6) is 0 Å². The molecule has 0 bridgehead atoms. The zero-order valence-electron chi connectivity index (χ0n) is 8.51. The third kappa shape index (κ3) is 4.04. The second-order valence-corrected chi connectivity index (χ2v) is 3.27. The number of aliphatic imine (C=N–C) groups is 1. The normalized spacial score (nSPS) is 19.2.